The third-order valence-electron chi connectivity index (χ3n) is 2.06. The van der Waals surface area contributed by atoms with Gasteiger partial charge < -0.3 is 10.5 Å². The molecule has 0 bridgehead atoms. The molecule has 74 valence electrons. The van der Waals surface area contributed by atoms with Crippen molar-refractivity contribution in [1.29, 1.82) is 0 Å². The smallest absolute Gasteiger partial charge is 0.0810 e. The Morgan fingerprint density at radius 3 is 2.92 bits per heavy atom. The predicted molar refractivity (Wildman–Crippen MR) is 56.9 cm³/mol. The second-order valence-corrected chi connectivity index (χ2v) is 4.61. The summed E-state index contributed by atoms with van der Waals surface area (Å²) in [5, 5.41) is 2.06. The minimum atomic E-state index is -0.183. The van der Waals surface area contributed by atoms with Crippen LogP contribution >= 0.6 is 11.3 Å². The average Bonchev–Trinajstić information content (AvgIpc) is 2.57. The fourth-order valence-electron chi connectivity index (χ4n) is 0.882. The van der Waals surface area contributed by atoms with Gasteiger partial charge in [-0.25, -0.2) is 0 Å². The van der Waals surface area contributed by atoms with Gasteiger partial charge >= 0.3 is 0 Å². The molecule has 0 aliphatic carbocycles. The van der Waals surface area contributed by atoms with Gasteiger partial charge in [-0.1, -0.05) is 13.0 Å². The summed E-state index contributed by atoms with van der Waals surface area (Å²) < 4.78 is 5.52. The third kappa shape index (κ3) is 3.89. The minimum absolute atomic E-state index is 0.183. The van der Waals surface area contributed by atoms with Crippen molar-refractivity contribution >= 4 is 11.3 Å². The Bertz CT molecular complexity index is 231. The number of hydrogen-bond acceptors (Lipinski definition) is 3. The van der Waals surface area contributed by atoms with E-state index in [4.69, 9.17) is 10.5 Å². The summed E-state index contributed by atoms with van der Waals surface area (Å²) in [6.07, 6.45) is 0.942. The van der Waals surface area contributed by atoms with Crippen LogP contribution in [0.25, 0.3) is 0 Å². The summed E-state index contributed by atoms with van der Waals surface area (Å²) in [6.45, 7) is 5.40. The van der Waals surface area contributed by atoms with Gasteiger partial charge in [0.2, 0.25) is 0 Å². The Hall–Kier alpha value is -0.380. The summed E-state index contributed by atoms with van der Waals surface area (Å²) in [6, 6.07) is 4.11. The highest BCUT2D eigenvalue weighted by atomic mass is 32.1. The highest BCUT2D eigenvalue weighted by Crippen LogP contribution is 2.11. The van der Waals surface area contributed by atoms with Gasteiger partial charge in [0.15, 0.2) is 0 Å². The van der Waals surface area contributed by atoms with Crippen LogP contribution in [0.5, 0.6) is 0 Å². The Balaban J connectivity index is 2.21. The van der Waals surface area contributed by atoms with Gasteiger partial charge in [0.05, 0.1) is 13.2 Å². The molecule has 0 saturated carbocycles. The van der Waals surface area contributed by atoms with Gasteiger partial charge in [-0.15, -0.1) is 11.3 Å². The number of hydrogen-bond donors (Lipinski definition) is 1. The van der Waals surface area contributed by atoms with Crippen molar-refractivity contribution in [1.82, 2.24) is 0 Å². The first kappa shape index (κ1) is 10.7. The van der Waals surface area contributed by atoms with Gasteiger partial charge in [0, 0.05) is 10.4 Å². The Kier molecular flexibility index (Phi) is 3.90. The average molecular weight is 199 g/mol. The lowest BCUT2D eigenvalue weighted by atomic mass is 10.0. The van der Waals surface area contributed by atoms with Gasteiger partial charge in [-0.05, 0) is 24.8 Å². The molecule has 1 atom stereocenters. The molecule has 1 aromatic rings. The zero-order valence-corrected chi connectivity index (χ0v) is 9.06. The number of rotatable bonds is 5. The highest BCUT2D eigenvalue weighted by molar-refractivity contribution is 7.09. The van der Waals surface area contributed by atoms with Crippen LogP contribution in [0.4, 0.5) is 0 Å². The third-order valence-corrected chi connectivity index (χ3v) is 2.91. The summed E-state index contributed by atoms with van der Waals surface area (Å²) in [5.74, 6) is 0. The number of nitrogens with two attached hydrogens (primary N) is 1. The molecule has 13 heavy (non-hydrogen) atoms. The van der Waals surface area contributed by atoms with E-state index in [0.29, 0.717) is 13.2 Å². The van der Waals surface area contributed by atoms with E-state index < -0.39 is 0 Å². The normalized spacial score (nSPS) is 15.6. The van der Waals surface area contributed by atoms with Crippen LogP contribution in [0, 0.1) is 0 Å². The molecular formula is C10H17NOS. The first-order chi connectivity index (χ1) is 6.14. The van der Waals surface area contributed by atoms with E-state index in [2.05, 4.69) is 18.4 Å². The van der Waals surface area contributed by atoms with E-state index in [1.807, 2.05) is 13.0 Å². The maximum Gasteiger partial charge on any atom is 0.0810 e. The van der Waals surface area contributed by atoms with Crippen LogP contribution < -0.4 is 5.73 Å². The fourth-order valence-corrected chi connectivity index (χ4v) is 1.52. The maximum atomic E-state index is 5.93. The molecular weight excluding hydrogens is 182 g/mol. The first-order valence-corrected chi connectivity index (χ1v) is 5.41. The van der Waals surface area contributed by atoms with Gasteiger partial charge in [0.25, 0.3) is 0 Å². The molecule has 1 heterocycles. The van der Waals surface area contributed by atoms with E-state index in [-0.39, 0.29) is 5.54 Å². The molecule has 2 N–H and O–H groups in total. The van der Waals surface area contributed by atoms with Crippen molar-refractivity contribution in [2.45, 2.75) is 32.4 Å². The van der Waals surface area contributed by atoms with E-state index in [0.717, 1.165) is 6.42 Å². The molecule has 2 nitrogen and oxygen atoms in total. The zero-order chi connectivity index (χ0) is 9.73. The van der Waals surface area contributed by atoms with Crippen molar-refractivity contribution in [3.63, 3.8) is 0 Å². The van der Waals surface area contributed by atoms with Crippen LogP contribution in [-0.2, 0) is 11.3 Å². The van der Waals surface area contributed by atoms with Crippen LogP contribution in [0.2, 0.25) is 0 Å². The lowest BCUT2D eigenvalue weighted by Crippen LogP contribution is -2.40. The van der Waals surface area contributed by atoms with Crippen LogP contribution in [0.15, 0.2) is 17.5 Å². The lowest BCUT2D eigenvalue weighted by molar-refractivity contribution is 0.0794. The molecule has 0 aliphatic heterocycles. The molecule has 1 unspecified atom stereocenters. The first-order valence-electron chi connectivity index (χ1n) is 4.53. The van der Waals surface area contributed by atoms with Gasteiger partial charge in [0.1, 0.15) is 0 Å². The molecule has 0 saturated heterocycles. The molecule has 0 fully saturated rings. The Labute approximate surface area is 83.7 Å². The SMILES string of the molecule is CCC(C)(N)COCc1cccs1. The molecule has 0 aromatic carbocycles. The molecule has 0 aliphatic rings. The largest absolute Gasteiger partial charge is 0.374 e. The van der Waals surface area contributed by atoms with Crippen molar-refractivity contribution in [2.24, 2.45) is 5.73 Å². The number of ether oxygens (including phenoxy) is 1. The van der Waals surface area contributed by atoms with Gasteiger partial charge in [-0.2, -0.15) is 0 Å². The molecule has 0 amide bonds. The summed E-state index contributed by atoms with van der Waals surface area (Å²) in [7, 11) is 0. The number of thiophene rings is 1. The standard InChI is InChI=1S/C10H17NOS/c1-3-10(2,11)8-12-7-9-5-4-6-13-9/h4-6H,3,7-8,11H2,1-2H3. The van der Waals surface area contributed by atoms with E-state index in [1.165, 1.54) is 4.88 Å². The van der Waals surface area contributed by atoms with Crippen molar-refractivity contribution in [3.8, 4) is 0 Å². The second kappa shape index (κ2) is 4.74. The molecule has 1 rings (SSSR count). The topological polar surface area (TPSA) is 35.2 Å². The molecule has 0 spiro atoms. The predicted octanol–water partition coefficient (Wildman–Crippen LogP) is 2.39. The van der Waals surface area contributed by atoms with E-state index in [9.17, 15) is 0 Å². The van der Waals surface area contributed by atoms with E-state index in [1.54, 1.807) is 11.3 Å². The Morgan fingerprint density at radius 2 is 2.38 bits per heavy atom. The quantitative estimate of drug-likeness (QED) is 0.790. The fraction of sp³-hybridized carbons (Fsp3) is 0.600. The molecule has 1 aromatic heterocycles. The minimum Gasteiger partial charge on any atom is -0.374 e. The van der Waals surface area contributed by atoms with Crippen LogP contribution in [0.3, 0.4) is 0 Å². The molecule has 3 heteroatoms. The van der Waals surface area contributed by atoms with E-state index >= 15 is 0 Å². The zero-order valence-electron chi connectivity index (χ0n) is 8.25. The maximum absolute atomic E-state index is 5.93. The molecule has 0 radical (unpaired) electrons. The van der Waals surface area contributed by atoms with Crippen molar-refractivity contribution in [3.05, 3.63) is 22.4 Å². The van der Waals surface area contributed by atoms with Gasteiger partial charge in [-0.3, -0.25) is 0 Å². The monoisotopic (exact) mass is 199 g/mol. The van der Waals surface area contributed by atoms with Crippen molar-refractivity contribution < 1.29 is 4.74 Å². The highest BCUT2D eigenvalue weighted by Gasteiger charge is 2.15. The summed E-state index contributed by atoms with van der Waals surface area (Å²) in [5.41, 5.74) is 5.75. The van der Waals surface area contributed by atoms with Crippen molar-refractivity contribution in [2.75, 3.05) is 6.61 Å². The van der Waals surface area contributed by atoms with Crippen LogP contribution in [0.1, 0.15) is 25.1 Å². The summed E-state index contributed by atoms with van der Waals surface area (Å²) in [4.78, 5) is 1.26. The lowest BCUT2D eigenvalue weighted by Gasteiger charge is -2.21. The Morgan fingerprint density at radius 1 is 1.62 bits per heavy atom. The summed E-state index contributed by atoms with van der Waals surface area (Å²) >= 11 is 1.72. The second-order valence-electron chi connectivity index (χ2n) is 3.58. The van der Waals surface area contributed by atoms with Crippen LogP contribution in [-0.4, -0.2) is 12.1 Å².